The number of carbonyl (C=O) groups excluding carboxylic acids is 1. The first-order chi connectivity index (χ1) is 9.23. The Morgan fingerprint density at radius 3 is 2.35 bits per heavy atom. The number of nitrogens with zero attached hydrogens (tertiary/aromatic N) is 3. The normalized spacial score (nSPS) is 9.95. The standard InChI is InChI=1S/C12H15N3O5/c1-13(2)11(16)7-14(3)9-5-4-8(12(17)18)6-10(9)15(19)20/h4-6H,7H2,1-3H3,(H,17,18). The third kappa shape index (κ3) is 3.44. The summed E-state index contributed by atoms with van der Waals surface area (Å²) in [5.74, 6) is -1.46. The second kappa shape index (κ2) is 6.00. The number of benzene rings is 1. The van der Waals surface area contributed by atoms with Crippen molar-refractivity contribution in [1.82, 2.24) is 4.90 Å². The molecular weight excluding hydrogens is 266 g/mol. The molecule has 1 amide bonds. The summed E-state index contributed by atoms with van der Waals surface area (Å²) in [5.41, 5.74) is -0.332. The molecule has 0 aromatic heterocycles. The van der Waals surface area contributed by atoms with E-state index >= 15 is 0 Å². The summed E-state index contributed by atoms with van der Waals surface area (Å²) in [6, 6.07) is 3.57. The number of aromatic carboxylic acids is 1. The lowest BCUT2D eigenvalue weighted by molar-refractivity contribution is -0.384. The van der Waals surface area contributed by atoms with E-state index in [2.05, 4.69) is 0 Å². The molecule has 0 bridgehead atoms. The molecule has 0 spiro atoms. The van der Waals surface area contributed by atoms with E-state index in [0.717, 1.165) is 6.07 Å². The third-order valence-corrected chi connectivity index (χ3v) is 2.70. The maximum Gasteiger partial charge on any atom is 0.335 e. The van der Waals surface area contributed by atoms with Crippen molar-refractivity contribution in [3.63, 3.8) is 0 Å². The molecule has 1 rings (SSSR count). The number of nitro groups is 1. The van der Waals surface area contributed by atoms with Gasteiger partial charge in [0.2, 0.25) is 5.91 Å². The number of carbonyl (C=O) groups is 2. The topological polar surface area (TPSA) is 104 Å². The van der Waals surface area contributed by atoms with E-state index in [1.807, 2.05) is 0 Å². The molecule has 0 unspecified atom stereocenters. The van der Waals surface area contributed by atoms with Crippen LogP contribution >= 0.6 is 0 Å². The van der Waals surface area contributed by atoms with Gasteiger partial charge >= 0.3 is 5.97 Å². The van der Waals surface area contributed by atoms with E-state index in [9.17, 15) is 19.7 Å². The van der Waals surface area contributed by atoms with Crippen molar-refractivity contribution in [1.29, 1.82) is 0 Å². The zero-order valence-electron chi connectivity index (χ0n) is 11.4. The summed E-state index contributed by atoms with van der Waals surface area (Å²) in [4.78, 5) is 35.6. The summed E-state index contributed by atoms with van der Waals surface area (Å²) in [6.07, 6.45) is 0. The molecule has 20 heavy (non-hydrogen) atoms. The molecule has 0 heterocycles. The molecule has 0 aliphatic heterocycles. The zero-order chi connectivity index (χ0) is 15.4. The molecule has 108 valence electrons. The van der Waals surface area contributed by atoms with Crippen molar-refractivity contribution in [2.24, 2.45) is 0 Å². The molecule has 8 heteroatoms. The summed E-state index contributed by atoms with van der Waals surface area (Å²) in [6.45, 7) is -0.0414. The highest BCUT2D eigenvalue weighted by Crippen LogP contribution is 2.28. The fraction of sp³-hybridized carbons (Fsp3) is 0.333. The maximum atomic E-state index is 11.6. The van der Waals surface area contributed by atoms with E-state index in [0.29, 0.717) is 0 Å². The van der Waals surface area contributed by atoms with Crippen LogP contribution in [0.5, 0.6) is 0 Å². The molecule has 0 fully saturated rings. The molecule has 8 nitrogen and oxygen atoms in total. The van der Waals surface area contributed by atoms with Gasteiger partial charge in [-0.15, -0.1) is 0 Å². The van der Waals surface area contributed by atoms with Gasteiger partial charge in [0.05, 0.1) is 17.0 Å². The Morgan fingerprint density at radius 1 is 1.30 bits per heavy atom. The Morgan fingerprint density at radius 2 is 1.90 bits per heavy atom. The number of likely N-dealkylation sites (N-methyl/N-ethyl adjacent to an activating group) is 2. The number of anilines is 1. The zero-order valence-corrected chi connectivity index (χ0v) is 11.4. The van der Waals surface area contributed by atoms with Crippen molar-refractivity contribution in [3.8, 4) is 0 Å². The summed E-state index contributed by atoms with van der Waals surface area (Å²) in [7, 11) is 4.69. The average Bonchev–Trinajstić information content (AvgIpc) is 2.37. The summed E-state index contributed by atoms with van der Waals surface area (Å²) >= 11 is 0. The number of hydrogen-bond acceptors (Lipinski definition) is 5. The molecule has 1 aromatic rings. The predicted molar refractivity (Wildman–Crippen MR) is 72.0 cm³/mol. The number of hydrogen-bond donors (Lipinski definition) is 1. The lowest BCUT2D eigenvalue weighted by Crippen LogP contribution is -2.34. The van der Waals surface area contributed by atoms with Gasteiger partial charge in [-0.25, -0.2) is 4.79 Å². The van der Waals surface area contributed by atoms with Gasteiger partial charge in [-0.1, -0.05) is 0 Å². The molecule has 0 aliphatic rings. The number of carboxylic acids is 1. The molecule has 1 N–H and O–H groups in total. The van der Waals surface area contributed by atoms with Crippen molar-refractivity contribution in [2.45, 2.75) is 0 Å². The van der Waals surface area contributed by atoms with Crippen LogP contribution in [0.15, 0.2) is 18.2 Å². The monoisotopic (exact) mass is 281 g/mol. The number of nitro benzene ring substituents is 1. The van der Waals surface area contributed by atoms with Crippen molar-refractivity contribution >= 4 is 23.3 Å². The van der Waals surface area contributed by atoms with Gasteiger partial charge in [-0.2, -0.15) is 0 Å². The molecule has 0 saturated heterocycles. The van der Waals surface area contributed by atoms with Crippen LogP contribution < -0.4 is 4.90 Å². The molecule has 1 aromatic carbocycles. The lowest BCUT2D eigenvalue weighted by Gasteiger charge is -2.20. The maximum absolute atomic E-state index is 11.6. The lowest BCUT2D eigenvalue weighted by atomic mass is 10.1. The van der Waals surface area contributed by atoms with Crippen molar-refractivity contribution < 1.29 is 19.6 Å². The minimum atomic E-state index is -1.24. The highest BCUT2D eigenvalue weighted by molar-refractivity contribution is 5.90. The smallest absolute Gasteiger partial charge is 0.335 e. The van der Waals surface area contributed by atoms with Crippen LogP contribution in [0.4, 0.5) is 11.4 Å². The number of rotatable bonds is 5. The summed E-state index contributed by atoms with van der Waals surface area (Å²) < 4.78 is 0. The van der Waals surface area contributed by atoms with E-state index < -0.39 is 10.9 Å². The van der Waals surface area contributed by atoms with Crippen LogP contribution in [-0.2, 0) is 4.79 Å². The minimum absolute atomic E-state index is 0.0414. The Balaban J connectivity index is 3.14. The van der Waals surface area contributed by atoms with Gasteiger partial charge < -0.3 is 14.9 Å². The predicted octanol–water partition coefficient (Wildman–Crippen LogP) is 0.817. The summed E-state index contributed by atoms with van der Waals surface area (Å²) in [5, 5.41) is 19.9. The Hall–Kier alpha value is -2.64. The highest BCUT2D eigenvalue weighted by Gasteiger charge is 2.21. The Bertz CT molecular complexity index is 556. The number of amides is 1. The van der Waals surface area contributed by atoms with E-state index in [1.54, 1.807) is 14.1 Å². The molecule has 0 saturated carbocycles. The molecule has 0 radical (unpaired) electrons. The fourth-order valence-electron chi connectivity index (χ4n) is 1.55. The first kappa shape index (κ1) is 15.4. The minimum Gasteiger partial charge on any atom is -0.478 e. The Kier molecular flexibility index (Phi) is 4.63. The van der Waals surface area contributed by atoms with E-state index in [1.165, 1.54) is 29.0 Å². The molecule has 0 aliphatic carbocycles. The average molecular weight is 281 g/mol. The van der Waals surface area contributed by atoms with E-state index in [-0.39, 0.29) is 29.4 Å². The third-order valence-electron chi connectivity index (χ3n) is 2.70. The second-order valence-corrected chi connectivity index (χ2v) is 4.41. The van der Waals surface area contributed by atoms with Gasteiger partial charge in [0.25, 0.3) is 5.69 Å². The van der Waals surface area contributed by atoms with Crippen LogP contribution in [0, 0.1) is 10.1 Å². The second-order valence-electron chi connectivity index (χ2n) is 4.41. The van der Waals surface area contributed by atoms with Crippen LogP contribution in [0.2, 0.25) is 0 Å². The fourth-order valence-corrected chi connectivity index (χ4v) is 1.55. The van der Waals surface area contributed by atoms with Gasteiger partial charge in [0.15, 0.2) is 0 Å². The van der Waals surface area contributed by atoms with Gasteiger partial charge in [0.1, 0.15) is 5.69 Å². The van der Waals surface area contributed by atoms with Crippen LogP contribution in [0.1, 0.15) is 10.4 Å². The van der Waals surface area contributed by atoms with Crippen LogP contribution in [0.25, 0.3) is 0 Å². The first-order valence-electron chi connectivity index (χ1n) is 5.67. The first-order valence-corrected chi connectivity index (χ1v) is 5.67. The van der Waals surface area contributed by atoms with Crippen molar-refractivity contribution in [2.75, 3.05) is 32.6 Å². The quantitative estimate of drug-likeness (QED) is 0.633. The van der Waals surface area contributed by atoms with E-state index in [4.69, 9.17) is 5.11 Å². The number of carboxylic acid groups (broad SMARTS) is 1. The molecule has 0 atom stereocenters. The van der Waals surface area contributed by atoms with Gasteiger partial charge in [-0.05, 0) is 12.1 Å². The largest absolute Gasteiger partial charge is 0.478 e. The van der Waals surface area contributed by atoms with Gasteiger partial charge in [-0.3, -0.25) is 14.9 Å². The highest BCUT2D eigenvalue weighted by atomic mass is 16.6. The van der Waals surface area contributed by atoms with Crippen LogP contribution in [0.3, 0.4) is 0 Å². The Labute approximate surface area is 115 Å². The van der Waals surface area contributed by atoms with Gasteiger partial charge in [0, 0.05) is 27.2 Å². The van der Waals surface area contributed by atoms with Crippen molar-refractivity contribution in [3.05, 3.63) is 33.9 Å². The van der Waals surface area contributed by atoms with Crippen LogP contribution in [-0.4, -0.2) is 54.5 Å². The SMILES string of the molecule is CN(C)C(=O)CN(C)c1ccc(C(=O)O)cc1[N+](=O)[O-]. The molecular formula is C12H15N3O5.